The van der Waals surface area contributed by atoms with E-state index in [1.807, 2.05) is 0 Å². The number of nitrogens with zero attached hydrogens (tertiary/aromatic N) is 2. The first kappa shape index (κ1) is 15.7. The van der Waals surface area contributed by atoms with Gasteiger partial charge in [-0.1, -0.05) is 24.3 Å². The molecule has 0 unspecified atom stereocenters. The zero-order chi connectivity index (χ0) is 16.2. The largest absolute Gasteiger partial charge is 0.448 e. The number of aromatic nitrogens is 1. The molecule has 0 aliphatic carbocycles. The summed E-state index contributed by atoms with van der Waals surface area (Å²) in [6, 6.07) is 8.73. The van der Waals surface area contributed by atoms with E-state index in [0.717, 1.165) is 32.5 Å². The average Bonchev–Trinajstić information content (AvgIpc) is 2.98. The van der Waals surface area contributed by atoms with Gasteiger partial charge in [-0.15, -0.1) is 0 Å². The summed E-state index contributed by atoms with van der Waals surface area (Å²) < 4.78 is 5.09. The van der Waals surface area contributed by atoms with Crippen LogP contribution < -0.4 is 5.32 Å². The number of likely N-dealkylation sites (tertiary alicyclic amines) is 1. The van der Waals surface area contributed by atoms with Gasteiger partial charge in [0.05, 0.1) is 0 Å². The van der Waals surface area contributed by atoms with E-state index >= 15 is 0 Å². The molecule has 1 aliphatic rings. The van der Waals surface area contributed by atoms with Crippen LogP contribution in [0.15, 0.2) is 34.9 Å². The summed E-state index contributed by atoms with van der Waals surface area (Å²) in [6.07, 6.45) is 3.35. The first-order chi connectivity index (χ1) is 11.1. The van der Waals surface area contributed by atoms with Crippen molar-refractivity contribution < 1.29 is 9.21 Å². The van der Waals surface area contributed by atoms with E-state index in [9.17, 15) is 4.79 Å². The lowest BCUT2D eigenvalue weighted by atomic mass is 10.0. The molecule has 0 atom stereocenters. The molecular weight excluding hydrogens is 290 g/mol. The zero-order valence-electron chi connectivity index (χ0n) is 13.7. The molecule has 1 aliphatic heterocycles. The second kappa shape index (κ2) is 6.96. The number of carbonyl (C=O) groups is 1. The summed E-state index contributed by atoms with van der Waals surface area (Å²) in [5, 5.41) is 3.06. The lowest BCUT2D eigenvalue weighted by Gasteiger charge is -2.32. The van der Waals surface area contributed by atoms with Gasteiger partial charge in [0.25, 0.3) is 5.91 Å². The Morgan fingerprint density at radius 2 is 2.04 bits per heavy atom. The van der Waals surface area contributed by atoms with E-state index in [4.69, 9.17) is 4.42 Å². The summed E-state index contributed by atoms with van der Waals surface area (Å²) in [7, 11) is 0. The van der Waals surface area contributed by atoms with Crippen LogP contribution in [0, 0.1) is 13.8 Å². The zero-order valence-corrected chi connectivity index (χ0v) is 13.7. The number of nitrogens with one attached hydrogen (secondary N) is 1. The minimum absolute atomic E-state index is 0.140. The van der Waals surface area contributed by atoms with Gasteiger partial charge in [-0.25, -0.2) is 4.98 Å². The number of oxazole rings is 1. The molecule has 1 amide bonds. The van der Waals surface area contributed by atoms with Gasteiger partial charge in [-0.05, 0) is 30.9 Å². The first-order valence-corrected chi connectivity index (χ1v) is 8.11. The highest BCUT2D eigenvalue weighted by atomic mass is 16.3. The van der Waals surface area contributed by atoms with Gasteiger partial charge in [-0.2, -0.15) is 0 Å². The maximum atomic E-state index is 12.1. The van der Waals surface area contributed by atoms with Crippen LogP contribution in [0.1, 0.15) is 40.3 Å². The lowest BCUT2D eigenvalue weighted by Crippen LogP contribution is -2.44. The fraction of sp³-hybridized carbons (Fsp3) is 0.444. The number of hydrogen-bond acceptors (Lipinski definition) is 4. The number of benzene rings is 1. The van der Waals surface area contributed by atoms with E-state index in [0.29, 0.717) is 11.6 Å². The quantitative estimate of drug-likeness (QED) is 0.943. The minimum atomic E-state index is -0.140. The third-order valence-electron chi connectivity index (χ3n) is 4.43. The Bertz CT molecular complexity index is 672. The normalized spacial score (nSPS) is 16.4. The molecule has 0 bridgehead atoms. The number of hydrogen-bond donors (Lipinski definition) is 1. The van der Waals surface area contributed by atoms with E-state index < -0.39 is 0 Å². The molecular formula is C18H23N3O2. The fourth-order valence-corrected chi connectivity index (χ4v) is 2.99. The SMILES string of the molecule is Cc1nc(C(=O)NC2CCN(Cc3ccccc3C)CC2)co1. The number of amides is 1. The van der Waals surface area contributed by atoms with Gasteiger partial charge in [0, 0.05) is 32.6 Å². The monoisotopic (exact) mass is 313 g/mol. The molecule has 2 aromatic rings. The van der Waals surface area contributed by atoms with Gasteiger partial charge < -0.3 is 9.73 Å². The van der Waals surface area contributed by atoms with E-state index in [1.54, 1.807) is 6.92 Å². The van der Waals surface area contributed by atoms with Crippen molar-refractivity contribution >= 4 is 5.91 Å². The molecule has 5 nitrogen and oxygen atoms in total. The smallest absolute Gasteiger partial charge is 0.273 e. The summed E-state index contributed by atoms with van der Waals surface area (Å²) in [6.45, 7) is 6.87. The van der Waals surface area contributed by atoms with Crippen molar-refractivity contribution in [3.8, 4) is 0 Å². The Kier molecular flexibility index (Phi) is 4.76. The van der Waals surface area contributed by atoms with Crippen molar-refractivity contribution in [1.29, 1.82) is 0 Å². The van der Waals surface area contributed by atoms with Crippen LogP contribution in [-0.4, -0.2) is 34.9 Å². The standard InChI is InChI=1S/C18H23N3O2/c1-13-5-3-4-6-15(13)11-21-9-7-16(8-10-21)20-18(22)17-12-23-14(2)19-17/h3-6,12,16H,7-11H2,1-2H3,(H,20,22). The van der Waals surface area contributed by atoms with Gasteiger partial charge in [0.1, 0.15) is 6.26 Å². The Morgan fingerprint density at radius 1 is 1.30 bits per heavy atom. The molecule has 0 spiro atoms. The first-order valence-electron chi connectivity index (χ1n) is 8.11. The summed E-state index contributed by atoms with van der Waals surface area (Å²) >= 11 is 0. The molecule has 2 heterocycles. The Morgan fingerprint density at radius 3 is 2.70 bits per heavy atom. The predicted octanol–water partition coefficient (Wildman–Crippen LogP) is 2.69. The lowest BCUT2D eigenvalue weighted by molar-refractivity contribution is 0.0904. The van der Waals surface area contributed by atoms with Crippen LogP contribution in [-0.2, 0) is 6.54 Å². The second-order valence-electron chi connectivity index (χ2n) is 6.20. The molecule has 1 saturated heterocycles. The van der Waals surface area contributed by atoms with Gasteiger partial charge >= 0.3 is 0 Å². The Balaban J connectivity index is 1.49. The van der Waals surface area contributed by atoms with E-state index in [-0.39, 0.29) is 11.9 Å². The van der Waals surface area contributed by atoms with Crippen molar-refractivity contribution in [3.05, 3.63) is 53.2 Å². The minimum Gasteiger partial charge on any atom is -0.448 e. The van der Waals surface area contributed by atoms with Crippen LogP contribution >= 0.6 is 0 Å². The van der Waals surface area contributed by atoms with Crippen LogP contribution in [0.5, 0.6) is 0 Å². The maximum absolute atomic E-state index is 12.1. The average molecular weight is 313 g/mol. The Hall–Kier alpha value is -2.14. The van der Waals surface area contributed by atoms with Crippen molar-refractivity contribution in [2.45, 2.75) is 39.3 Å². The predicted molar refractivity (Wildman–Crippen MR) is 88.2 cm³/mol. The molecule has 0 saturated carbocycles. The highest BCUT2D eigenvalue weighted by Gasteiger charge is 2.22. The fourth-order valence-electron chi connectivity index (χ4n) is 2.99. The Labute approximate surface area is 136 Å². The third-order valence-corrected chi connectivity index (χ3v) is 4.43. The number of piperidine rings is 1. The summed E-state index contributed by atoms with van der Waals surface area (Å²) in [5.74, 6) is 0.377. The third kappa shape index (κ3) is 3.99. The second-order valence-corrected chi connectivity index (χ2v) is 6.20. The topological polar surface area (TPSA) is 58.4 Å². The van der Waals surface area contributed by atoms with Crippen LogP contribution in [0.3, 0.4) is 0 Å². The molecule has 0 radical (unpaired) electrons. The molecule has 5 heteroatoms. The van der Waals surface area contributed by atoms with Gasteiger partial charge in [0.2, 0.25) is 0 Å². The number of carbonyl (C=O) groups excluding carboxylic acids is 1. The van der Waals surface area contributed by atoms with Crippen LogP contribution in [0.2, 0.25) is 0 Å². The summed E-state index contributed by atoms with van der Waals surface area (Å²) in [5.41, 5.74) is 3.09. The van der Waals surface area contributed by atoms with E-state index in [2.05, 4.69) is 46.4 Å². The van der Waals surface area contributed by atoms with Crippen molar-refractivity contribution in [2.75, 3.05) is 13.1 Å². The molecule has 3 rings (SSSR count). The molecule has 1 aromatic heterocycles. The maximum Gasteiger partial charge on any atom is 0.273 e. The summed E-state index contributed by atoms with van der Waals surface area (Å²) in [4.78, 5) is 18.6. The molecule has 1 fully saturated rings. The van der Waals surface area contributed by atoms with E-state index in [1.165, 1.54) is 17.4 Å². The molecule has 1 aromatic carbocycles. The molecule has 23 heavy (non-hydrogen) atoms. The van der Waals surface area contributed by atoms with Gasteiger partial charge in [0.15, 0.2) is 11.6 Å². The molecule has 1 N–H and O–H groups in total. The number of aryl methyl sites for hydroxylation is 2. The molecule has 122 valence electrons. The highest BCUT2D eigenvalue weighted by molar-refractivity contribution is 5.92. The van der Waals surface area contributed by atoms with Crippen molar-refractivity contribution in [1.82, 2.24) is 15.2 Å². The van der Waals surface area contributed by atoms with Crippen LogP contribution in [0.25, 0.3) is 0 Å². The van der Waals surface area contributed by atoms with Crippen LogP contribution in [0.4, 0.5) is 0 Å². The highest BCUT2D eigenvalue weighted by Crippen LogP contribution is 2.16. The van der Waals surface area contributed by atoms with Crippen molar-refractivity contribution in [3.63, 3.8) is 0 Å². The van der Waals surface area contributed by atoms with Gasteiger partial charge in [-0.3, -0.25) is 9.69 Å². The van der Waals surface area contributed by atoms with Crippen molar-refractivity contribution in [2.24, 2.45) is 0 Å². The number of rotatable bonds is 4.